The highest BCUT2D eigenvalue weighted by Gasteiger charge is 2.12. The Morgan fingerprint density at radius 1 is 1.19 bits per heavy atom. The van der Waals surface area contributed by atoms with E-state index in [1.54, 1.807) is 6.33 Å². The molecule has 1 N–H and O–H groups in total. The number of benzene rings is 1. The summed E-state index contributed by atoms with van der Waals surface area (Å²) < 4.78 is 1.88. The van der Waals surface area contributed by atoms with Gasteiger partial charge in [0.2, 0.25) is 0 Å². The van der Waals surface area contributed by atoms with Crippen LogP contribution < -0.4 is 5.32 Å². The summed E-state index contributed by atoms with van der Waals surface area (Å²) in [5.41, 5.74) is 4.31. The molecule has 1 aromatic carbocycles. The summed E-state index contributed by atoms with van der Waals surface area (Å²) in [6.07, 6.45) is 4.46. The molecule has 0 spiro atoms. The molecule has 0 radical (unpaired) electrons. The van der Waals surface area contributed by atoms with Crippen molar-refractivity contribution in [3.63, 3.8) is 0 Å². The minimum atomic E-state index is 0.829. The third-order valence-corrected chi connectivity index (χ3v) is 3.49. The summed E-state index contributed by atoms with van der Waals surface area (Å²) in [4.78, 5) is 8.71. The van der Waals surface area contributed by atoms with E-state index in [4.69, 9.17) is 0 Å². The molecule has 0 unspecified atom stereocenters. The summed E-state index contributed by atoms with van der Waals surface area (Å²) in [5.74, 6) is 0.845. The second-order valence-electron chi connectivity index (χ2n) is 5.23. The normalized spacial score (nSPS) is 11.0. The Labute approximate surface area is 124 Å². The summed E-state index contributed by atoms with van der Waals surface area (Å²) in [7, 11) is 0. The Bertz CT molecular complexity index is 775. The zero-order valence-corrected chi connectivity index (χ0v) is 12.6. The van der Waals surface area contributed by atoms with Gasteiger partial charge in [-0.2, -0.15) is 5.10 Å². The smallest absolute Gasteiger partial charge is 0.168 e. The molecule has 0 aliphatic rings. The lowest BCUT2D eigenvalue weighted by Gasteiger charge is -2.08. The number of nitrogens with one attached hydrogen (secondary N) is 1. The molecule has 0 fully saturated rings. The second kappa shape index (κ2) is 5.52. The number of aryl methyl sites for hydroxylation is 2. The first kappa shape index (κ1) is 13.5. The Kier molecular flexibility index (Phi) is 3.56. The second-order valence-corrected chi connectivity index (χ2v) is 5.23. The van der Waals surface area contributed by atoms with E-state index in [9.17, 15) is 0 Å². The zero-order chi connectivity index (χ0) is 14.8. The maximum absolute atomic E-state index is 4.50. The van der Waals surface area contributed by atoms with E-state index in [-0.39, 0.29) is 0 Å². The highest BCUT2D eigenvalue weighted by Crippen LogP contribution is 2.23. The van der Waals surface area contributed by atoms with E-state index in [2.05, 4.69) is 59.4 Å². The number of hydrogen-bond donors (Lipinski definition) is 1. The minimum Gasteiger partial charge on any atom is -0.369 e. The average Bonchev–Trinajstić information content (AvgIpc) is 2.89. The van der Waals surface area contributed by atoms with Crippen LogP contribution in [0.15, 0.2) is 30.7 Å². The van der Waals surface area contributed by atoms with Crippen molar-refractivity contribution in [1.29, 1.82) is 0 Å². The van der Waals surface area contributed by atoms with Gasteiger partial charge in [0.15, 0.2) is 5.65 Å². The van der Waals surface area contributed by atoms with Crippen molar-refractivity contribution in [2.75, 3.05) is 11.9 Å². The summed E-state index contributed by atoms with van der Waals surface area (Å²) in [6.45, 7) is 7.20. The van der Waals surface area contributed by atoms with Gasteiger partial charge in [-0.25, -0.2) is 14.6 Å². The van der Waals surface area contributed by atoms with E-state index in [0.717, 1.165) is 35.5 Å². The van der Waals surface area contributed by atoms with Crippen molar-refractivity contribution in [2.45, 2.75) is 27.2 Å². The Morgan fingerprint density at radius 2 is 2.05 bits per heavy atom. The van der Waals surface area contributed by atoms with E-state index in [0.29, 0.717) is 0 Å². The molecule has 0 saturated heterocycles. The van der Waals surface area contributed by atoms with E-state index < -0.39 is 0 Å². The van der Waals surface area contributed by atoms with Gasteiger partial charge in [-0.1, -0.05) is 24.6 Å². The van der Waals surface area contributed by atoms with E-state index in [1.807, 2.05) is 10.9 Å². The van der Waals surface area contributed by atoms with E-state index >= 15 is 0 Å². The number of rotatable bonds is 4. The van der Waals surface area contributed by atoms with Crippen LogP contribution in [0.3, 0.4) is 0 Å². The summed E-state index contributed by atoms with van der Waals surface area (Å²) >= 11 is 0. The van der Waals surface area contributed by atoms with Gasteiger partial charge in [0.25, 0.3) is 0 Å². The van der Waals surface area contributed by atoms with Crippen molar-refractivity contribution >= 4 is 16.9 Å². The molecule has 5 nitrogen and oxygen atoms in total. The molecule has 3 rings (SSSR count). The third-order valence-electron chi connectivity index (χ3n) is 3.49. The highest BCUT2D eigenvalue weighted by molar-refractivity contribution is 5.87. The molecule has 2 heterocycles. The van der Waals surface area contributed by atoms with Gasteiger partial charge in [0, 0.05) is 6.54 Å². The monoisotopic (exact) mass is 281 g/mol. The van der Waals surface area contributed by atoms with Crippen LogP contribution in [-0.2, 0) is 0 Å². The van der Waals surface area contributed by atoms with Gasteiger partial charge >= 0.3 is 0 Å². The fourth-order valence-electron chi connectivity index (χ4n) is 2.45. The van der Waals surface area contributed by atoms with Crippen LogP contribution in [0.2, 0.25) is 0 Å². The molecule has 0 aliphatic heterocycles. The zero-order valence-electron chi connectivity index (χ0n) is 12.6. The fraction of sp³-hybridized carbons (Fsp3) is 0.312. The molecule has 0 atom stereocenters. The van der Waals surface area contributed by atoms with Crippen molar-refractivity contribution in [1.82, 2.24) is 19.7 Å². The molecule has 21 heavy (non-hydrogen) atoms. The topological polar surface area (TPSA) is 55.6 Å². The van der Waals surface area contributed by atoms with Gasteiger partial charge in [0.1, 0.15) is 12.1 Å². The first-order valence-electron chi connectivity index (χ1n) is 7.21. The van der Waals surface area contributed by atoms with Gasteiger partial charge < -0.3 is 5.32 Å². The molecule has 0 bridgehead atoms. The van der Waals surface area contributed by atoms with Crippen LogP contribution in [0.4, 0.5) is 5.82 Å². The van der Waals surface area contributed by atoms with E-state index in [1.165, 1.54) is 11.1 Å². The molecule has 108 valence electrons. The predicted molar refractivity (Wildman–Crippen MR) is 84.9 cm³/mol. The van der Waals surface area contributed by atoms with Crippen molar-refractivity contribution in [2.24, 2.45) is 0 Å². The number of aromatic nitrogens is 4. The van der Waals surface area contributed by atoms with Crippen LogP contribution in [0.25, 0.3) is 16.7 Å². The number of anilines is 1. The quantitative estimate of drug-likeness (QED) is 0.797. The van der Waals surface area contributed by atoms with Gasteiger partial charge in [-0.3, -0.25) is 0 Å². The van der Waals surface area contributed by atoms with Crippen molar-refractivity contribution in [3.8, 4) is 5.69 Å². The molecule has 0 amide bonds. The van der Waals surface area contributed by atoms with Crippen LogP contribution in [0, 0.1) is 13.8 Å². The van der Waals surface area contributed by atoms with Gasteiger partial charge in [0.05, 0.1) is 17.3 Å². The Balaban J connectivity index is 2.12. The molecule has 0 aliphatic carbocycles. The molecule has 5 heteroatoms. The Hall–Kier alpha value is -2.43. The molecule has 0 saturated carbocycles. The van der Waals surface area contributed by atoms with Crippen molar-refractivity contribution < 1.29 is 0 Å². The SMILES string of the molecule is CCCNc1ncnc2c1cnn2-c1ccc(C)cc1C. The lowest BCUT2D eigenvalue weighted by molar-refractivity contribution is 0.886. The van der Waals surface area contributed by atoms with Gasteiger partial charge in [-0.15, -0.1) is 0 Å². The maximum Gasteiger partial charge on any atom is 0.168 e. The average molecular weight is 281 g/mol. The summed E-state index contributed by atoms with van der Waals surface area (Å²) in [6, 6.07) is 6.33. The summed E-state index contributed by atoms with van der Waals surface area (Å²) in [5, 5.41) is 8.77. The van der Waals surface area contributed by atoms with Crippen LogP contribution in [-0.4, -0.2) is 26.3 Å². The van der Waals surface area contributed by atoms with Crippen LogP contribution in [0.5, 0.6) is 0 Å². The third kappa shape index (κ3) is 2.46. The Morgan fingerprint density at radius 3 is 2.81 bits per heavy atom. The van der Waals surface area contributed by atoms with Crippen molar-refractivity contribution in [3.05, 3.63) is 41.9 Å². The predicted octanol–water partition coefficient (Wildman–Crippen LogP) is 3.25. The molecule has 2 aromatic heterocycles. The molecule has 3 aromatic rings. The number of fused-ring (bicyclic) bond motifs is 1. The standard InChI is InChI=1S/C16H19N5/c1-4-7-17-15-13-9-20-21(16(13)19-10-18-15)14-6-5-11(2)8-12(14)3/h5-6,8-10H,4,7H2,1-3H3,(H,17,18,19). The largest absolute Gasteiger partial charge is 0.369 e. The first-order valence-corrected chi connectivity index (χ1v) is 7.21. The van der Waals surface area contributed by atoms with Crippen LogP contribution >= 0.6 is 0 Å². The number of hydrogen-bond acceptors (Lipinski definition) is 4. The lowest BCUT2D eigenvalue weighted by atomic mass is 10.1. The lowest BCUT2D eigenvalue weighted by Crippen LogP contribution is -2.04. The minimum absolute atomic E-state index is 0.829. The molecular formula is C16H19N5. The first-order chi connectivity index (χ1) is 10.2. The van der Waals surface area contributed by atoms with Gasteiger partial charge in [-0.05, 0) is 31.9 Å². The fourth-order valence-corrected chi connectivity index (χ4v) is 2.45. The highest BCUT2D eigenvalue weighted by atomic mass is 15.3. The number of nitrogens with zero attached hydrogens (tertiary/aromatic N) is 4. The maximum atomic E-state index is 4.50. The molecular weight excluding hydrogens is 262 g/mol. The van der Waals surface area contributed by atoms with Crippen LogP contribution in [0.1, 0.15) is 24.5 Å².